The first-order chi connectivity index (χ1) is 7.66. The third kappa shape index (κ3) is 2.45. The van der Waals surface area contributed by atoms with Gasteiger partial charge in [-0.3, -0.25) is 0 Å². The van der Waals surface area contributed by atoms with Gasteiger partial charge >= 0.3 is 5.97 Å². The van der Waals surface area contributed by atoms with Gasteiger partial charge in [0.25, 0.3) is 0 Å². The molecule has 0 aliphatic carbocycles. The number of rotatable bonds is 3. The Hall–Kier alpha value is -1.27. The normalized spacial score (nSPS) is 10.3. The lowest BCUT2D eigenvalue weighted by Crippen LogP contribution is -2.01. The van der Waals surface area contributed by atoms with Crippen LogP contribution in [-0.4, -0.2) is 20.7 Å². The third-order valence-electron chi connectivity index (χ3n) is 2.04. The number of carboxylic acid groups (broad SMARTS) is 1. The molecule has 1 aromatic carbocycles. The van der Waals surface area contributed by atoms with Crippen LogP contribution in [0.3, 0.4) is 0 Å². The van der Waals surface area contributed by atoms with Crippen molar-refractivity contribution in [3.8, 4) is 0 Å². The van der Waals surface area contributed by atoms with Gasteiger partial charge in [-0.05, 0) is 29.2 Å². The molecule has 0 spiro atoms. The van der Waals surface area contributed by atoms with Crippen molar-refractivity contribution in [2.75, 3.05) is 0 Å². The zero-order valence-corrected chi connectivity index (χ0v) is 10.5. The molecule has 0 saturated heterocycles. The highest BCUT2D eigenvalue weighted by molar-refractivity contribution is 9.10. The highest BCUT2D eigenvalue weighted by atomic mass is 79.9. The fourth-order valence-electron chi connectivity index (χ4n) is 1.28. The van der Waals surface area contributed by atoms with Crippen molar-refractivity contribution in [2.45, 2.75) is 6.42 Å². The van der Waals surface area contributed by atoms with Crippen LogP contribution in [0.25, 0.3) is 0 Å². The zero-order valence-electron chi connectivity index (χ0n) is 8.05. The Morgan fingerprint density at radius 3 is 2.69 bits per heavy atom. The summed E-state index contributed by atoms with van der Waals surface area (Å²) in [6.45, 7) is 0. The Morgan fingerprint density at radius 1 is 1.38 bits per heavy atom. The maximum absolute atomic E-state index is 10.8. The molecule has 1 aromatic heterocycles. The SMILES string of the molecule is O=C(O)c1nnsc1Cc1ccc(Br)cc1. The number of hydrogen-bond donors (Lipinski definition) is 1. The van der Waals surface area contributed by atoms with Crippen LogP contribution in [0.1, 0.15) is 20.9 Å². The summed E-state index contributed by atoms with van der Waals surface area (Å²) in [6.07, 6.45) is 0.548. The molecule has 16 heavy (non-hydrogen) atoms. The monoisotopic (exact) mass is 298 g/mol. The third-order valence-corrected chi connectivity index (χ3v) is 3.29. The zero-order chi connectivity index (χ0) is 11.5. The van der Waals surface area contributed by atoms with E-state index in [9.17, 15) is 4.79 Å². The lowest BCUT2D eigenvalue weighted by molar-refractivity contribution is 0.0689. The molecular formula is C10H7BrN2O2S. The fraction of sp³-hybridized carbons (Fsp3) is 0.100. The molecule has 0 saturated carbocycles. The van der Waals surface area contributed by atoms with Crippen molar-refractivity contribution < 1.29 is 9.90 Å². The average Bonchev–Trinajstić information content (AvgIpc) is 2.69. The lowest BCUT2D eigenvalue weighted by Gasteiger charge is -1.99. The summed E-state index contributed by atoms with van der Waals surface area (Å²) < 4.78 is 4.66. The minimum Gasteiger partial charge on any atom is -0.476 e. The Kier molecular flexibility index (Phi) is 3.31. The summed E-state index contributed by atoms with van der Waals surface area (Å²) in [4.78, 5) is 11.5. The maximum atomic E-state index is 10.8. The number of hydrogen-bond acceptors (Lipinski definition) is 4. The molecular weight excluding hydrogens is 292 g/mol. The van der Waals surface area contributed by atoms with Gasteiger partial charge in [0.15, 0.2) is 5.69 Å². The van der Waals surface area contributed by atoms with Crippen LogP contribution in [0, 0.1) is 0 Å². The molecule has 0 bridgehead atoms. The maximum Gasteiger partial charge on any atom is 0.357 e. The summed E-state index contributed by atoms with van der Waals surface area (Å²) >= 11 is 4.47. The van der Waals surface area contributed by atoms with Gasteiger partial charge in [0.2, 0.25) is 0 Å². The Bertz CT molecular complexity index is 510. The van der Waals surface area contributed by atoms with Crippen LogP contribution >= 0.6 is 27.5 Å². The van der Waals surface area contributed by atoms with E-state index >= 15 is 0 Å². The first-order valence-corrected chi connectivity index (χ1v) is 6.02. The molecule has 0 unspecified atom stereocenters. The van der Waals surface area contributed by atoms with E-state index in [4.69, 9.17) is 5.11 Å². The van der Waals surface area contributed by atoms with E-state index in [2.05, 4.69) is 25.5 Å². The molecule has 0 aliphatic heterocycles. The standard InChI is InChI=1S/C10H7BrN2O2S/c11-7-3-1-6(2-4-7)5-8-9(10(14)15)12-13-16-8/h1-4H,5H2,(H,14,15). The molecule has 0 radical (unpaired) electrons. The summed E-state index contributed by atoms with van der Waals surface area (Å²) in [5.41, 5.74) is 1.09. The quantitative estimate of drug-likeness (QED) is 0.946. The van der Waals surface area contributed by atoms with Crippen molar-refractivity contribution in [3.63, 3.8) is 0 Å². The second-order valence-corrected chi connectivity index (χ2v) is 4.91. The largest absolute Gasteiger partial charge is 0.476 e. The van der Waals surface area contributed by atoms with Gasteiger partial charge in [0, 0.05) is 10.9 Å². The minimum atomic E-state index is -1.03. The van der Waals surface area contributed by atoms with Crippen molar-refractivity contribution in [1.82, 2.24) is 9.59 Å². The number of carboxylic acids is 1. The highest BCUT2D eigenvalue weighted by Crippen LogP contribution is 2.18. The molecule has 0 atom stereocenters. The van der Waals surface area contributed by atoms with E-state index in [0.29, 0.717) is 11.3 Å². The molecule has 1 N–H and O–H groups in total. The van der Waals surface area contributed by atoms with Crippen LogP contribution in [0.4, 0.5) is 0 Å². The molecule has 2 rings (SSSR count). The summed E-state index contributed by atoms with van der Waals surface area (Å²) in [5.74, 6) is -1.03. The van der Waals surface area contributed by atoms with E-state index in [1.54, 1.807) is 0 Å². The van der Waals surface area contributed by atoms with Crippen LogP contribution in [0.5, 0.6) is 0 Å². The number of carbonyl (C=O) groups is 1. The number of nitrogens with zero attached hydrogens (tertiary/aromatic N) is 2. The van der Waals surface area contributed by atoms with Crippen molar-refractivity contribution in [3.05, 3.63) is 44.9 Å². The van der Waals surface area contributed by atoms with Crippen LogP contribution in [0.2, 0.25) is 0 Å². The Balaban J connectivity index is 2.23. The number of aromatic nitrogens is 2. The lowest BCUT2D eigenvalue weighted by atomic mass is 10.1. The summed E-state index contributed by atoms with van der Waals surface area (Å²) in [7, 11) is 0. The second kappa shape index (κ2) is 4.71. The number of aromatic carboxylic acids is 1. The molecule has 0 fully saturated rings. The molecule has 6 heteroatoms. The van der Waals surface area contributed by atoms with Gasteiger partial charge in [-0.25, -0.2) is 4.79 Å². The van der Waals surface area contributed by atoms with Crippen LogP contribution in [-0.2, 0) is 6.42 Å². The van der Waals surface area contributed by atoms with Gasteiger partial charge in [-0.2, -0.15) is 0 Å². The number of halogens is 1. The first kappa shape index (κ1) is 11.2. The fourth-order valence-corrected chi connectivity index (χ4v) is 2.21. The smallest absolute Gasteiger partial charge is 0.357 e. The van der Waals surface area contributed by atoms with E-state index in [-0.39, 0.29) is 5.69 Å². The van der Waals surface area contributed by atoms with E-state index in [1.165, 1.54) is 0 Å². The van der Waals surface area contributed by atoms with Crippen LogP contribution in [0.15, 0.2) is 28.7 Å². The number of benzene rings is 1. The molecule has 1 heterocycles. The van der Waals surface area contributed by atoms with Crippen molar-refractivity contribution in [1.29, 1.82) is 0 Å². The van der Waals surface area contributed by atoms with Crippen molar-refractivity contribution >= 4 is 33.4 Å². The average molecular weight is 299 g/mol. The molecule has 82 valence electrons. The van der Waals surface area contributed by atoms with Gasteiger partial charge < -0.3 is 5.11 Å². The minimum absolute atomic E-state index is 0.0490. The topological polar surface area (TPSA) is 63.1 Å². The summed E-state index contributed by atoms with van der Waals surface area (Å²) in [5, 5.41) is 12.5. The predicted molar refractivity (Wildman–Crippen MR) is 63.8 cm³/mol. The molecule has 0 amide bonds. The van der Waals surface area contributed by atoms with Crippen molar-refractivity contribution in [2.24, 2.45) is 0 Å². The van der Waals surface area contributed by atoms with Gasteiger partial charge in [-0.15, -0.1) is 5.10 Å². The van der Waals surface area contributed by atoms with Crippen LogP contribution < -0.4 is 0 Å². The van der Waals surface area contributed by atoms with E-state index in [0.717, 1.165) is 21.6 Å². The molecule has 4 nitrogen and oxygen atoms in total. The Labute approximate surface area is 104 Å². The van der Waals surface area contributed by atoms with Gasteiger partial charge in [0.1, 0.15) is 0 Å². The van der Waals surface area contributed by atoms with E-state index in [1.807, 2.05) is 24.3 Å². The molecule has 0 aliphatic rings. The highest BCUT2D eigenvalue weighted by Gasteiger charge is 2.15. The van der Waals surface area contributed by atoms with Gasteiger partial charge in [-0.1, -0.05) is 32.6 Å². The second-order valence-electron chi connectivity index (χ2n) is 3.15. The predicted octanol–water partition coefficient (Wildman–Crippen LogP) is 2.59. The van der Waals surface area contributed by atoms with E-state index < -0.39 is 5.97 Å². The first-order valence-electron chi connectivity index (χ1n) is 4.46. The summed E-state index contributed by atoms with van der Waals surface area (Å²) in [6, 6.07) is 7.72. The van der Waals surface area contributed by atoms with Gasteiger partial charge in [0.05, 0.1) is 4.88 Å². The molecule has 2 aromatic rings. The Morgan fingerprint density at radius 2 is 2.06 bits per heavy atom.